The Balaban J connectivity index is 1.94. The van der Waals surface area contributed by atoms with E-state index in [0.29, 0.717) is 0 Å². The van der Waals surface area contributed by atoms with Crippen molar-refractivity contribution in [2.24, 2.45) is 0 Å². The van der Waals surface area contributed by atoms with Gasteiger partial charge in [0.1, 0.15) is 11.5 Å². The number of anilines is 1. The van der Waals surface area contributed by atoms with Gasteiger partial charge in [0.2, 0.25) is 0 Å². The summed E-state index contributed by atoms with van der Waals surface area (Å²) in [4.78, 5) is 0.763. The van der Waals surface area contributed by atoms with Crippen LogP contribution in [0.25, 0.3) is 0 Å². The zero-order valence-corrected chi connectivity index (χ0v) is 12.8. The molecule has 0 spiro atoms. The topological polar surface area (TPSA) is 30.5 Å². The predicted octanol–water partition coefficient (Wildman–Crippen LogP) is 4.05. The fourth-order valence-electron chi connectivity index (χ4n) is 1.75. The summed E-state index contributed by atoms with van der Waals surface area (Å²) in [5, 5.41) is 3.17. The molecule has 2 aromatic rings. The molecule has 0 saturated carbocycles. The molecule has 1 N–H and O–H groups in total. The van der Waals surface area contributed by atoms with Crippen LogP contribution in [-0.4, -0.2) is 19.1 Å². The first kappa shape index (κ1) is 15.1. The fraction of sp³-hybridized carbons (Fsp3) is 0.118. The van der Waals surface area contributed by atoms with Crippen LogP contribution < -0.4 is 14.8 Å². The molecule has 21 heavy (non-hydrogen) atoms. The Bertz CT molecular complexity index is 618. The molecule has 0 fully saturated rings. The average Bonchev–Trinajstić information content (AvgIpc) is 2.55. The third-order valence-corrected chi connectivity index (χ3v) is 3.32. The molecule has 108 valence electrons. The van der Waals surface area contributed by atoms with Gasteiger partial charge in [0.05, 0.1) is 14.2 Å². The third-order valence-electron chi connectivity index (χ3n) is 2.95. The number of allylic oxidation sites excluding steroid dienone is 1. The summed E-state index contributed by atoms with van der Waals surface area (Å²) in [7, 11) is 3.29. The highest BCUT2D eigenvalue weighted by Gasteiger charge is 1.98. The van der Waals surface area contributed by atoms with Gasteiger partial charge in [-0.25, -0.2) is 0 Å². The van der Waals surface area contributed by atoms with E-state index >= 15 is 0 Å². The molecule has 0 bridgehead atoms. The standard InChI is InChI=1S/C17H17NO2S/c1-19-15-7-3-13(4-8-15)17(21)11-12-18-14-5-9-16(20-2)10-6-14/h3-12,18H,1-2H3/b12-11-. The second-order valence-electron chi connectivity index (χ2n) is 4.30. The SMILES string of the molecule is COc1ccc(N/C=C\C(=S)c2ccc(OC)cc2)cc1. The van der Waals surface area contributed by atoms with Crippen LogP contribution in [0, 0.1) is 0 Å². The van der Waals surface area contributed by atoms with E-state index < -0.39 is 0 Å². The van der Waals surface area contributed by atoms with Crippen molar-refractivity contribution >= 4 is 22.8 Å². The summed E-state index contributed by atoms with van der Waals surface area (Å²) in [5.74, 6) is 1.65. The third kappa shape index (κ3) is 4.33. The number of benzene rings is 2. The number of rotatable bonds is 6. The minimum atomic E-state index is 0.763. The number of nitrogens with one attached hydrogen (secondary N) is 1. The summed E-state index contributed by atoms with van der Waals surface area (Å²) in [5.41, 5.74) is 1.96. The highest BCUT2D eigenvalue weighted by Crippen LogP contribution is 2.15. The Labute approximate surface area is 130 Å². The Morgan fingerprint density at radius 3 is 1.95 bits per heavy atom. The second kappa shape index (κ2) is 7.45. The van der Waals surface area contributed by atoms with Gasteiger partial charge in [0.15, 0.2) is 0 Å². The molecule has 0 amide bonds. The average molecular weight is 299 g/mol. The van der Waals surface area contributed by atoms with Crippen LogP contribution in [0.4, 0.5) is 5.69 Å². The molecule has 0 unspecified atom stereocenters. The molecule has 2 rings (SSSR count). The van der Waals surface area contributed by atoms with E-state index in [1.807, 2.05) is 60.8 Å². The molecule has 0 saturated heterocycles. The van der Waals surface area contributed by atoms with Gasteiger partial charge in [-0.3, -0.25) is 0 Å². The Morgan fingerprint density at radius 2 is 1.43 bits per heavy atom. The van der Waals surface area contributed by atoms with Crippen molar-refractivity contribution in [1.82, 2.24) is 0 Å². The molecular weight excluding hydrogens is 282 g/mol. The van der Waals surface area contributed by atoms with E-state index in [-0.39, 0.29) is 0 Å². The molecular formula is C17H17NO2S. The normalized spacial score (nSPS) is 10.4. The maximum atomic E-state index is 5.37. The van der Waals surface area contributed by atoms with Crippen molar-refractivity contribution < 1.29 is 9.47 Å². The summed E-state index contributed by atoms with van der Waals surface area (Å²) in [6, 6.07) is 15.4. The zero-order valence-electron chi connectivity index (χ0n) is 12.0. The van der Waals surface area contributed by atoms with Crippen LogP contribution in [0.1, 0.15) is 5.56 Å². The highest BCUT2D eigenvalue weighted by atomic mass is 32.1. The van der Waals surface area contributed by atoms with Gasteiger partial charge in [-0.1, -0.05) is 12.2 Å². The van der Waals surface area contributed by atoms with E-state index in [4.69, 9.17) is 21.7 Å². The van der Waals surface area contributed by atoms with E-state index in [0.717, 1.165) is 27.6 Å². The molecule has 0 aliphatic heterocycles. The van der Waals surface area contributed by atoms with Crippen molar-refractivity contribution in [1.29, 1.82) is 0 Å². The van der Waals surface area contributed by atoms with Crippen molar-refractivity contribution in [3.05, 3.63) is 66.4 Å². The lowest BCUT2D eigenvalue weighted by Gasteiger charge is -2.04. The van der Waals surface area contributed by atoms with Gasteiger partial charge in [0.25, 0.3) is 0 Å². The lowest BCUT2D eigenvalue weighted by atomic mass is 10.1. The first-order valence-electron chi connectivity index (χ1n) is 6.48. The van der Waals surface area contributed by atoms with Crippen LogP contribution in [0.2, 0.25) is 0 Å². The summed E-state index contributed by atoms with van der Waals surface area (Å²) >= 11 is 5.37. The van der Waals surface area contributed by atoms with Crippen LogP contribution in [0.15, 0.2) is 60.8 Å². The van der Waals surface area contributed by atoms with Crippen molar-refractivity contribution in [3.63, 3.8) is 0 Å². The molecule has 3 nitrogen and oxygen atoms in total. The maximum Gasteiger partial charge on any atom is 0.119 e. The maximum absolute atomic E-state index is 5.37. The largest absolute Gasteiger partial charge is 0.497 e. The van der Waals surface area contributed by atoms with Crippen LogP contribution >= 0.6 is 12.2 Å². The number of thiocarbonyl (C=S) groups is 1. The van der Waals surface area contributed by atoms with Gasteiger partial charge in [-0.2, -0.15) is 0 Å². The summed E-state index contributed by atoms with van der Waals surface area (Å²) < 4.78 is 10.2. The zero-order chi connectivity index (χ0) is 15.1. The molecule has 0 radical (unpaired) electrons. The van der Waals surface area contributed by atoms with E-state index in [9.17, 15) is 0 Å². The number of ether oxygens (including phenoxy) is 2. The van der Waals surface area contributed by atoms with Gasteiger partial charge >= 0.3 is 0 Å². The van der Waals surface area contributed by atoms with E-state index in [1.165, 1.54) is 0 Å². The van der Waals surface area contributed by atoms with Crippen LogP contribution in [-0.2, 0) is 0 Å². The molecule has 0 aliphatic carbocycles. The Hall–Kier alpha value is -2.33. The Morgan fingerprint density at radius 1 is 0.905 bits per heavy atom. The molecule has 2 aromatic carbocycles. The molecule has 0 atom stereocenters. The second-order valence-corrected chi connectivity index (χ2v) is 4.74. The molecule has 0 heterocycles. The van der Waals surface area contributed by atoms with E-state index in [2.05, 4.69) is 5.32 Å². The fourth-order valence-corrected chi connectivity index (χ4v) is 1.96. The van der Waals surface area contributed by atoms with Gasteiger partial charge in [-0.05, 0) is 60.2 Å². The van der Waals surface area contributed by atoms with Gasteiger partial charge < -0.3 is 14.8 Å². The minimum Gasteiger partial charge on any atom is -0.497 e. The smallest absolute Gasteiger partial charge is 0.119 e. The van der Waals surface area contributed by atoms with Crippen LogP contribution in [0.3, 0.4) is 0 Å². The first-order valence-corrected chi connectivity index (χ1v) is 6.89. The monoisotopic (exact) mass is 299 g/mol. The quantitative estimate of drug-likeness (QED) is 0.495. The molecule has 0 aromatic heterocycles. The van der Waals surface area contributed by atoms with Crippen molar-refractivity contribution in [2.45, 2.75) is 0 Å². The highest BCUT2D eigenvalue weighted by molar-refractivity contribution is 7.81. The molecule has 0 aliphatic rings. The number of methoxy groups -OCH3 is 2. The first-order chi connectivity index (χ1) is 10.2. The molecule has 4 heteroatoms. The number of hydrogen-bond donors (Lipinski definition) is 1. The minimum absolute atomic E-state index is 0.763. The van der Waals surface area contributed by atoms with Gasteiger partial charge in [-0.15, -0.1) is 0 Å². The van der Waals surface area contributed by atoms with Crippen molar-refractivity contribution in [2.75, 3.05) is 19.5 Å². The predicted molar refractivity (Wildman–Crippen MR) is 90.5 cm³/mol. The van der Waals surface area contributed by atoms with Gasteiger partial charge in [0, 0.05) is 16.8 Å². The summed E-state index contributed by atoms with van der Waals surface area (Å²) in [6.07, 6.45) is 3.69. The Kier molecular flexibility index (Phi) is 5.35. The summed E-state index contributed by atoms with van der Waals surface area (Å²) in [6.45, 7) is 0. The number of hydrogen-bond acceptors (Lipinski definition) is 4. The lowest BCUT2D eigenvalue weighted by molar-refractivity contribution is 0.414. The van der Waals surface area contributed by atoms with Crippen LogP contribution in [0.5, 0.6) is 11.5 Å². The lowest BCUT2D eigenvalue weighted by Crippen LogP contribution is -1.95. The van der Waals surface area contributed by atoms with E-state index in [1.54, 1.807) is 14.2 Å². The van der Waals surface area contributed by atoms with Crippen molar-refractivity contribution in [3.8, 4) is 11.5 Å².